The maximum atomic E-state index is 16.4. The molecule has 3 heterocycles. The van der Waals surface area contributed by atoms with Crippen LogP contribution in [0.3, 0.4) is 0 Å². The van der Waals surface area contributed by atoms with Gasteiger partial charge in [0.1, 0.15) is 29.0 Å². The molecule has 2 atom stereocenters. The van der Waals surface area contributed by atoms with Crippen LogP contribution < -0.4 is 0 Å². The van der Waals surface area contributed by atoms with E-state index in [0.29, 0.717) is 23.7 Å². The van der Waals surface area contributed by atoms with Gasteiger partial charge in [0.25, 0.3) is 5.91 Å². The number of hydrogen-bond donors (Lipinski definition) is 1. The molecule has 11 heteroatoms. The van der Waals surface area contributed by atoms with Gasteiger partial charge in [-0.25, -0.2) is 18.7 Å². The summed E-state index contributed by atoms with van der Waals surface area (Å²) in [4.78, 5) is 25.8. The lowest BCUT2D eigenvalue weighted by atomic mass is 9.71. The lowest BCUT2D eigenvalue weighted by Gasteiger charge is -2.45. The molecule has 1 N–H and O–H groups in total. The third-order valence-corrected chi connectivity index (χ3v) is 8.71. The van der Waals surface area contributed by atoms with E-state index in [1.807, 2.05) is 18.0 Å². The first-order chi connectivity index (χ1) is 19.5. The number of fused-ring (bicyclic) bond motifs is 1. The summed E-state index contributed by atoms with van der Waals surface area (Å²) >= 11 is 6.14. The summed E-state index contributed by atoms with van der Waals surface area (Å²) in [5.74, 6) is -1.24. The smallest absolute Gasteiger partial charge is 0.257 e. The van der Waals surface area contributed by atoms with E-state index in [9.17, 15) is 9.90 Å². The molecule has 1 aromatic heterocycles. The number of nitriles is 1. The molecule has 0 bridgehead atoms. The molecule has 1 amide bonds. The Bertz CT molecular complexity index is 1510. The molecule has 2 aliphatic rings. The molecule has 0 spiro atoms. The third-order valence-electron chi connectivity index (χ3n) is 8.46. The van der Waals surface area contributed by atoms with Crippen molar-refractivity contribution in [3.8, 4) is 6.07 Å². The normalized spacial score (nSPS) is 21.8. The zero-order valence-corrected chi connectivity index (χ0v) is 23.8. The lowest BCUT2D eigenvalue weighted by molar-refractivity contribution is -0.136. The Hall–Kier alpha value is -3.49. The molecular formula is C30H30ClF2N5O3. The molecule has 214 valence electrons. The Balaban J connectivity index is 1.69. The van der Waals surface area contributed by atoms with Crippen LogP contribution >= 0.6 is 11.6 Å². The SMILES string of the molecule is CCC(O)(c1cc(F)c2c(c1)C(=O)N(Cc1ncc(C#N)cn1)[C@@]2(OC)c1ccc(Cl)cc1)C1(F)CCN(C)CC1. The van der Waals surface area contributed by atoms with E-state index in [1.54, 1.807) is 31.2 Å². The summed E-state index contributed by atoms with van der Waals surface area (Å²) < 4.78 is 38.9. The van der Waals surface area contributed by atoms with Crippen molar-refractivity contribution in [1.29, 1.82) is 5.26 Å². The van der Waals surface area contributed by atoms with E-state index in [4.69, 9.17) is 21.6 Å². The number of nitrogens with zero attached hydrogens (tertiary/aromatic N) is 5. The second kappa shape index (κ2) is 10.7. The fraction of sp³-hybridized carbons (Fsp3) is 0.400. The van der Waals surface area contributed by atoms with Gasteiger partial charge in [0.15, 0.2) is 5.72 Å². The van der Waals surface area contributed by atoms with E-state index in [1.165, 1.54) is 30.5 Å². The first-order valence-corrected chi connectivity index (χ1v) is 13.7. The maximum Gasteiger partial charge on any atom is 0.257 e. The highest BCUT2D eigenvalue weighted by atomic mass is 35.5. The maximum absolute atomic E-state index is 16.4. The second-order valence-electron chi connectivity index (χ2n) is 10.6. The fourth-order valence-electron chi connectivity index (χ4n) is 6.07. The number of hydrogen-bond acceptors (Lipinski definition) is 7. The molecule has 3 aromatic rings. The molecule has 0 aliphatic carbocycles. The number of benzene rings is 2. The molecule has 0 saturated carbocycles. The molecule has 1 saturated heterocycles. The highest BCUT2D eigenvalue weighted by Crippen LogP contribution is 2.51. The average Bonchev–Trinajstić information content (AvgIpc) is 3.23. The first-order valence-electron chi connectivity index (χ1n) is 13.3. The van der Waals surface area contributed by atoms with Crippen molar-refractivity contribution in [3.05, 3.63) is 93.3 Å². The van der Waals surface area contributed by atoms with Gasteiger partial charge in [-0.2, -0.15) is 5.26 Å². The zero-order chi connectivity index (χ0) is 29.6. The minimum atomic E-state index is -2.02. The van der Waals surface area contributed by atoms with Gasteiger partial charge in [0.2, 0.25) is 0 Å². The predicted molar refractivity (Wildman–Crippen MR) is 147 cm³/mol. The van der Waals surface area contributed by atoms with Crippen molar-refractivity contribution >= 4 is 17.5 Å². The standard InChI is InChI=1S/C30H30ClF2N5O3/c1-4-29(40,28(33)9-11-37(2)12-10-28)21-13-23-26(24(32)14-21)30(41-3,20-5-7-22(31)8-6-20)38(27(23)39)18-25-35-16-19(15-34)17-36-25/h5-8,13-14,16-17,40H,4,9-12,18H2,1-3H3/t29?,30-/m1/s1. The number of alkyl halides is 1. The quantitative estimate of drug-likeness (QED) is 0.432. The number of aromatic nitrogens is 2. The van der Waals surface area contributed by atoms with Gasteiger partial charge in [0, 0.05) is 43.2 Å². The number of rotatable bonds is 7. The number of halogens is 3. The highest BCUT2D eigenvalue weighted by Gasteiger charge is 2.57. The van der Waals surface area contributed by atoms with E-state index < -0.39 is 28.7 Å². The van der Waals surface area contributed by atoms with Gasteiger partial charge in [-0.05, 0) is 56.1 Å². The summed E-state index contributed by atoms with van der Waals surface area (Å²) in [6, 6.07) is 10.9. The van der Waals surface area contributed by atoms with Crippen LogP contribution in [0.1, 0.15) is 64.6 Å². The van der Waals surface area contributed by atoms with Gasteiger partial charge in [0.05, 0.1) is 23.2 Å². The van der Waals surface area contributed by atoms with Crippen LogP contribution in [0.25, 0.3) is 0 Å². The summed E-state index contributed by atoms with van der Waals surface area (Å²) in [6.45, 7) is 2.33. The number of aliphatic hydroxyl groups is 1. The number of amides is 1. The van der Waals surface area contributed by atoms with Crippen LogP contribution in [0.15, 0.2) is 48.8 Å². The molecule has 2 aliphatic heterocycles. The van der Waals surface area contributed by atoms with Crippen molar-refractivity contribution < 1.29 is 23.4 Å². The summed E-state index contributed by atoms with van der Waals surface area (Å²) in [7, 11) is 3.24. The van der Waals surface area contributed by atoms with Gasteiger partial charge in [-0.3, -0.25) is 9.69 Å². The Labute approximate surface area is 242 Å². The van der Waals surface area contributed by atoms with Crippen LogP contribution in [0.5, 0.6) is 0 Å². The summed E-state index contributed by atoms with van der Waals surface area (Å²) in [6.07, 6.45) is 2.77. The predicted octanol–water partition coefficient (Wildman–Crippen LogP) is 4.68. The molecule has 0 radical (unpaired) electrons. The zero-order valence-electron chi connectivity index (χ0n) is 23.0. The van der Waals surface area contributed by atoms with Gasteiger partial charge >= 0.3 is 0 Å². The third kappa shape index (κ3) is 4.57. The Morgan fingerprint density at radius 1 is 1.20 bits per heavy atom. The number of piperidine rings is 1. The van der Waals surface area contributed by atoms with Crippen molar-refractivity contribution in [3.63, 3.8) is 0 Å². The van der Waals surface area contributed by atoms with Crippen molar-refractivity contribution in [2.75, 3.05) is 27.2 Å². The molecule has 5 rings (SSSR count). The molecule has 1 unspecified atom stereocenters. The Morgan fingerprint density at radius 2 is 1.83 bits per heavy atom. The average molecular weight is 582 g/mol. The monoisotopic (exact) mass is 581 g/mol. The number of likely N-dealkylation sites (tertiary alicyclic amines) is 1. The number of carbonyl (C=O) groups excluding carboxylic acids is 1. The van der Waals surface area contributed by atoms with Crippen molar-refractivity contribution in [1.82, 2.24) is 19.8 Å². The molecular weight excluding hydrogens is 552 g/mol. The minimum Gasteiger partial charge on any atom is -0.382 e. The fourth-order valence-corrected chi connectivity index (χ4v) is 6.20. The molecule has 1 fully saturated rings. The van der Waals surface area contributed by atoms with Crippen LogP contribution in [0, 0.1) is 17.1 Å². The van der Waals surface area contributed by atoms with E-state index in [0.717, 1.165) is 6.07 Å². The van der Waals surface area contributed by atoms with E-state index in [2.05, 4.69) is 9.97 Å². The van der Waals surface area contributed by atoms with Crippen LogP contribution in [0.2, 0.25) is 5.02 Å². The second-order valence-corrected chi connectivity index (χ2v) is 11.0. The number of ether oxygens (including phenoxy) is 1. The van der Waals surface area contributed by atoms with E-state index in [-0.39, 0.29) is 53.9 Å². The minimum absolute atomic E-state index is 0.00534. The Morgan fingerprint density at radius 3 is 2.39 bits per heavy atom. The van der Waals surface area contributed by atoms with Gasteiger partial charge in [-0.1, -0.05) is 30.7 Å². The summed E-state index contributed by atoms with van der Waals surface area (Å²) in [5, 5.41) is 21.4. The topological polar surface area (TPSA) is 103 Å². The highest BCUT2D eigenvalue weighted by molar-refractivity contribution is 6.30. The number of carbonyl (C=O) groups is 1. The summed E-state index contributed by atoms with van der Waals surface area (Å²) in [5.41, 5.74) is -5.26. The van der Waals surface area contributed by atoms with Crippen LogP contribution in [-0.4, -0.2) is 63.7 Å². The van der Waals surface area contributed by atoms with Gasteiger partial charge < -0.3 is 14.7 Å². The lowest BCUT2D eigenvalue weighted by Crippen LogP contribution is -2.54. The largest absolute Gasteiger partial charge is 0.382 e. The van der Waals surface area contributed by atoms with Crippen LogP contribution in [-0.2, 0) is 22.6 Å². The first kappa shape index (κ1) is 29.0. The number of methoxy groups -OCH3 is 1. The van der Waals surface area contributed by atoms with Gasteiger partial charge in [-0.15, -0.1) is 0 Å². The molecule has 41 heavy (non-hydrogen) atoms. The van der Waals surface area contributed by atoms with Crippen molar-refractivity contribution in [2.45, 2.75) is 49.7 Å². The van der Waals surface area contributed by atoms with Crippen molar-refractivity contribution in [2.24, 2.45) is 0 Å². The Kier molecular flexibility index (Phi) is 7.59. The van der Waals surface area contributed by atoms with E-state index >= 15 is 8.78 Å². The molecule has 2 aromatic carbocycles. The molecule has 8 nitrogen and oxygen atoms in total. The van der Waals surface area contributed by atoms with Crippen LogP contribution in [0.4, 0.5) is 8.78 Å².